The lowest BCUT2D eigenvalue weighted by molar-refractivity contribution is 0.414. The van der Waals surface area contributed by atoms with Gasteiger partial charge in [0.25, 0.3) is 5.56 Å². The van der Waals surface area contributed by atoms with Gasteiger partial charge in [-0.1, -0.05) is 15.9 Å². The molecule has 3 rings (SSSR count). The van der Waals surface area contributed by atoms with Gasteiger partial charge < -0.3 is 4.74 Å². The van der Waals surface area contributed by atoms with Crippen molar-refractivity contribution in [1.82, 2.24) is 9.55 Å². The molecule has 1 aromatic heterocycles. The molecule has 0 aliphatic carbocycles. The van der Waals surface area contributed by atoms with E-state index in [1.807, 2.05) is 43.3 Å². The highest BCUT2D eigenvalue weighted by Gasteiger charge is 2.13. The molecule has 2 aromatic carbocycles. The monoisotopic (exact) mass is 422 g/mol. The summed E-state index contributed by atoms with van der Waals surface area (Å²) in [6.07, 6.45) is 0. The molecular weight excluding hydrogens is 412 g/mol. The van der Waals surface area contributed by atoms with Gasteiger partial charge in [0.1, 0.15) is 11.6 Å². The number of ether oxygens (including phenoxy) is 1. The Hall–Kier alpha value is -1.66. The van der Waals surface area contributed by atoms with Gasteiger partial charge in [0.15, 0.2) is 0 Å². The van der Waals surface area contributed by atoms with E-state index in [1.165, 1.54) is 0 Å². The number of aryl methyl sites for hydroxylation is 1. The van der Waals surface area contributed by atoms with Crippen LogP contribution in [0.1, 0.15) is 5.82 Å². The molecule has 22 heavy (non-hydrogen) atoms. The molecule has 0 aliphatic rings. The van der Waals surface area contributed by atoms with Crippen LogP contribution in [-0.2, 0) is 0 Å². The molecule has 1 heterocycles. The van der Waals surface area contributed by atoms with Crippen LogP contribution in [0.5, 0.6) is 5.75 Å². The van der Waals surface area contributed by atoms with Crippen molar-refractivity contribution in [3.63, 3.8) is 0 Å². The van der Waals surface area contributed by atoms with Gasteiger partial charge in [-0.2, -0.15) is 0 Å². The van der Waals surface area contributed by atoms with Crippen LogP contribution in [0.15, 0.2) is 50.1 Å². The normalized spacial score (nSPS) is 10.9. The van der Waals surface area contributed by atoms with Crippen LogP contribution in [-0.4, -0.2) is 16.7 Å². The third kappa shape index (κ3) is 2.57. The predicted molar refractivity (Wildman–Crippen MR) is 94.0 cm³/mol. The smallest absolute Gasteiger partial charge is 0.267 e. The number of hydrogen-bond donors (Lipinski definition) is 0. The Balaban J connectivity index is 2.32. The van der Waals surface area contributed by atoms with Crippen LogP contribution in [0.3, 0.4) is 0 Å². The second-order valence-electron chi connectivity index (χ2n) is 4.78. The van der Waals surface area contributed by atoms with E-state index >= 15 is 0 Å². The van der Waals surface area contributed by atoms with Crippen LogP contribution >= 0.6 is 31.9 Å². The number of halogens is 2. The van der Waals surface area contributed by atoms with Gasteiger partial charge in [0.2, 0.25) is 0 Å². The zero-order valence-electron chi connectivity index (χ0n) is 11.9. The fourth-order valence-corrected chi connectivity index (χ4v) is 3.75. The Kier molecular flexibility index (Phi) is 4.06. The number of benzene rings is 2. The molecule has 0 saturated carbocycles. The zero-order chi connectivity index (χ0) is 15.9. The molecule has 0 radical (unpaired) electrons. The number of fused-ring (bicyclic) bond motifs is 1. The number of nitrogens with zero attached hydrogens (tertiary/aromatic N) is 2. The Bertz CT molecular complexity index is 918. The SMILES string of the molecule is COc1ccc(-n2c(C)nc3cc(Br)cc(Br)c3c2=O)cc1. The molecule has 3 aromatic rings. The minimum Gasteiger partial charge on any atom is -0.497 e. The van der Waals surface area contributed by atoms with E-state index in [9.17, 15) is 4.79 Å². The second kappa shape index (κ2) is 5.85. The standard InChI is InChI=1S/C16H12Br2N2O2/c1-9-19-14-8-10(17)7-13(18)15(14)16(21)20(9)11-3-5-12(22-2)6-4-11/h3-8H,1-2H3. The maximum Gasteiger partial charge on any atom is 0.267 e. The summed E-state index contributed by atoms with van der Waals surface area (Å²) in [5, 5.41) is 0.560. The molecule has 0 atom stereocenters. The van der Waals surface area contributed by atoms with Crippen molar-refractivity contribution in [3.8, 4) is 11.4 Å². The van der Waals surface area contributed by atoms with Gasteiger partial charge >= 0.3 is 0 Å². The maximum absolute atomic E-state index is 12.9. The molecule has 0 aliphatic heterocycles. The molecule has 0 unspecified atom stereocenters. The summed E-state index contributed by atoms with van der Waals surface area (Å²) >= 11 is 6.87. The van der Waals surface area contributed by atoms with E-state index in [1.54, 1.807) is 11.7 Å². The van der Waals surface area contributed by atoms with Crippen LogP contribution in [0, 0.1) is 6.92 Å². The lowest BCUT2D eigenvalue weighted by Gasteiger charge is -2.12. The van der Waals surface area contributed by atoms with E-state index in [4.69, 9.17) is 4.74 Å². The highest BCUT2D eigenvalue weighted by Crippen LogP contribution is 2.26. The average Bonchev–Trinajstić information content (AvgIpc) is 2.46. The Morgan fingerprint density at radius 1 is 1.14 bits per heavy atom. The molecule has 0 spiro atoms. The maximum atomic E-state index is 12.9. The van der Waals surface area contributed by atoms with E-state index < -0.39 is 0 Å². The Morgan fingerprint density at radius 2 is 1.82 bits per heavy atom. The van der Waals surface area contributed by atoms with Crippen molar-refractivity contribution in [2.45, 2.75) is 6.92 Å². The molecule has 6 heteroatoms. The average molecular weight is 424 g/mol. The van der Waals surface area contributed by atoms with Crippen molar-refractivity contribution in [1.29, 1.82) is 0 Å². The molecule has 112 valence electrons. The Labute approximate surface area is 144 Å². The van der Waals surface area contributed by atoms with E-state index in [2.05, 4.69) is 36.8 Å². The molecular formula is C16H12Br2N2O2. The van der Waals surface area contributed by atoms with Gasteiger partial charge in [-0.15, -0.1) is 0 Å². The van der Waals surface area contributed by atoms with Crippen LogP contribution in [0.4, 0.5) is 0 Å². The summed E-state index contributed by atoms with van der Waals surface area (Å²) in [7, 11) is 1.61. The highest BCUT2D eigenvalue weighted by molar-refractivity contribution is 9.11. The minimum absolute atomic E-state index is 0.105. The third-order valence-electron chi connectivity index (χ3n) is 3.39. The summed E-state index contributed by atoms with van der Waals surface area (Å²) in [6.45, 7) is 1.82. The van der Waals surface area contributed by atoms with Gasteiger partial charge in [-0.25, -0.2) is 4.98 Å². The lowest BCUT2D eigenvalue weighted by atomic mass is 10.2. The second-order valence-corrected chi connectivity index (χ2v) is 6.55. The number of rotatable bonds is 2. The summed E-state index contributed by atoms with van der Waals surface area (Å²) < 4.78 is 8.34. The highest BCUT2D eigenvalue weighted by atomic mass is 79.9. The van der Waals surface area contributed by atoms with Gasteiger partial charge in [-0.05, 0) is 59.3 Å². The summed E-state index contributed by atoms with van der Waals surface area (Å²) in [4.78, 5) is 17.4. The van der Waals surface area contributed by atoms with E-state index in [-0.39, 0.29) is 5.56 Å². The van der Waals surface area contributed by atoms with Gasteiger partial charge in [0.05, 0.1) is 23.7 Å². The van der Waals surface area contributed by atoms with Crippen molar-refractivity contribution in [2.75, 3.05) is 7.11 Å². The topological polar surface area (TPSA) is 44.1 Å². The van der Waals surface area contributed by atoms with Crippen molar-refractivity contribution >= 4 is 42.8 Å². The van der Waals surface area contributed by atoms with Crippen LogP contribution < -0.4 is 10.3 Å². The minimum atomic E-state index is -0.105. The molecule has 0 N–H and O–H groups in total. The van der Waals surface area contributed by atoms with Crippen molar-refractivity contribution < 1.29 is 4.74 Å². The third-order valence-corrected chi connectivity index (χ3v) is 4.47. The summed E-state index contributed by atoms with van der Waals surface area (Å²) in [6, 6.07) is 11.0. The van der Waals surface area contributed by atoms with Crippen LogP contribution in [0.2, 0.25) is 0 Å². The number of aromatic nitrogens is 2. The quantitative estimate of drug-likeness (QED) is 0.619. The first-order valence-electron chi connectivity index (χ1n) is 6.54. The van der Waals surface area contributed by atoms with E-state index in [0.29, 0.717) is 16.7 Å². The fraction of sp³-hybridized carbons (Fsp3) is 0.125. The predicted octanol–water partition coefficient (Wildman–Crippen LogP) is 4.23. The first-order valence-corrected chi connectivity index (χ1v) is 8.12. The Morgan fingerprint density at radius 3 is 2.45 bits per heavy atom. The van der Waals surface area contributed by atoms with E-state index in [0.717, 1.165) is 20.4 Å². The van der Waals surface area contributed by atoms with Crippen molar-refractivity contribution in [3.05, 3.63) is 61.5 Å². The fourth-order valence-electron chi connectivity index (χ4n) is 2.38. The molecule has 0 amide bonds. The number of methoxy groups -OCH3 is 1. The first-order chi connectivity index (χ1) is 10.5. The molecule has 0 fully saturated rings. The first kappa shape index (κ1) is 15.2. The number of hydrogen-bond acceptors (Lipinski definition) is 3. The lowest BCUT2D eigenvalue weighted by Crippen LogP contribution is -2.22. The molecule has 4 nitrogen and oxygen atoms in total. The largest absolute Gasteiger partial charge is 0.497 e. The molecule has 0 saturated heterocycles. The van der Waals surface area contributed by atoms with Crippen molar-refractivity contribution in [2.24, 2.45) is 0 Å². The van der Waals surface area contributed by atoms with Gasteiger partial charge in [0, 0.05) is 8.95 Å². The zero-order valence-corrected chi connectivity index (χ0v) is 15.1. The molecule has 0 bridgehead atoms. The van der Waals surface area contributed by atoms with Gasteiger partial charge in [-0.3, -0.25) is 9.36 Å². The van der Waals surface area contributed by atoms with Crippen LogP contribution in [0.25, 0.3) is 16.6 Å². The summed E-state index contributed by atoms with van der Waals surface area (Å²) in [5.74, 6) is 1.38. The summed E-state index contributed by atoms with van der Waals surface area (Å²) in [5.41, 5.74) is 1.31.